The second kappa shape index (κ2) is 3.87. The fourth-order valence-electron chi connectivity index (χ4n) is 1.31. The van der Waals surface area contributed by atoms with E-state index in [1.807, 2.05) is 0 Å². The second-order valence-electron chi connectivity index (χ2n) is 3.24. The van der Waals surface area contributed by atoms with Crippen LogP contribution in [0.5, 0.6) is 0 Å². The molecule has 0 saturated heterocycles. The Balaban J connectivity index is 2.32. The largest absolute Gasteiger partial charge is 0.288 e. The molecule has 3 nitrogen and oxygen atoms in total. The van der Waals surface area contributed by atoms with Gasteiger partial charge in [0.1, 0.15) is 0 Å². The monoisotopic (exact) mass is 220 g/mol. The highest BCUT2D eigenvalue weighted by Gasteiger charge is 2.10. The van der Waals surface area contributed by atoms with Gasteiger partial charge in [-0.2, -0.15) is 5.10 Å². The highest BCUT2D eigenvalue weighted by Crippen LogP contribution is 2.13. The van der Waals surface area contributed by atoms with Crippen LogP contribution in [0.3, 0.4) is 0 Å². The molecule has 0 amide bonds. The van der Waals surface area contributed by atoms with Gasteiger partial charge in [0.05, 0.1) is 11.8 Å². The second-order valence-corrected chi connectivity index (χ2v) is 3.68. The van der Waals surface area contributed by atoms with Gasteiger partial charge in [-0.25, -0.2) is 0 Å². The van der Waals surface area contributed by atoms with Crippen molar-refractivity contribution in [1.29, 1.82) is 0 Å². The number of nitrogens with zero attached hydrogens (tertiary/aromatic N) is 2. The summed E-state index contributed by atoms with van der Waals surface area (Å²) >= 11 is 5.74. The summed E-state index contributed by atoms with van der Waals surface area (Å²) < 4.78 is 1.60. The predicted octanol–water partition coefficient (Wildman–Crippen LogP) is 2.30. The van der Waals surface area contributed by atoms with Gasteiger partial charge in [-0.15, -0.1) is 0 Å². The van der Waals surface area contributed by atoms with E-state index in [2.05, 4.69) is 5.10 Å². The lowest BCUT2D eigenvalue weighted by Crippen LogP contribution is -1.99. The first kappa shape index (κ1) is 9.93. The Morgan fingerprint density at radius 2 is 1.93 bits per heavy atom. The fraction of sp³-hybridized carbons (Fsp3) is 0.0909. The van der Waals surface area contributed by atoms with Crippen LogP contribution < -0.4 is 0 Å². The lowest BCUT2D eigenvalue weighted by molar-refractivity contribution is 0.103. The molecule has 1 heterocycles. The molecular weight excluding hydrogens is 212 g/mol. The molecule has 0 bridgehead atoms. The minimum Gasteiger partial charge on any atom is -0.288 e. The van der Waals surface area contributed by atoms with Crippen LogP contribution in [-0.4, -0.2) is 15.6 Å². The van der Waals surface area contributed by atoms with E-state index in [1.54, 1.807) is 48.4 Å². The van der Waals surface area contributed by atoms with Gasteiger partial charge in [0.25, 0.3) is 0 Å². The smallest absolute Gasteiger partial charge is 0.196 e. The maximum atomic E-state index is 11.9. The number of hydrogen-bond acceptors (Lipinski definition) is 2. The quantitative estimate of drug-likeness (QED) is 0.728. The lowest BCUT2D eigenvalue weighted by Gasteiger charge is -1.97. The Morgan fingerprint density at radius 3 is 2.47 bits per heavy atom. The zero-order valence-corrected chi connectivity index (χ0v) is 8.90. The highest BCUT2D eigenvalue weighted by molar-refractivity contribution is 6.30. The standard InChI is InChI=1S/C11H9ClN2O/c1-14-7-9(6-13-14)11(15)8-2-4-10(12)5-3-8/h2-7H,1H3. The zero-order chi connectivity index (χ0) is 10.8. The van der Waals surface area contributed by atoms with E-state index in [4.69, 9.17) is 11.6 Å². The van der Waals surface area contributed by atoms with Crippen LogP contribution in [0.2, 0.25) is 5.02 Å². The fourth-order valence-corrected chi connectivity index (χ4v) is 1.43. The van der Waals surface area contributed by atoms with Crippen molar-refractivity contribution in [3.63, 3.8) is 0 Å². The number of carbonyl (C=O) groups excluding carboxylic acids is 1. The van der Waals surface area contributed by atoms with Crippen molar-refractivity contribution >= 4 is 17.4 Å². The Labute approximate surface area is 92.3 Å². The lowest BCUT2D eigenvalue weighted by atomic mass is 10.1. The van der Waals surface area contributed by atoms with Crippen molar-refractivity contribution in [2.24, 2.45) is 7.05 Å². The summed E-state index contributed by atoms with van der Waals surface area (Å²) in [6, 6.07) is 6.81. The summed E-state index contributed by atoms with van der Waals surface area (Å²) in [5, 5.41) is 4.57. The molecule has 1 aromatic heterocycles. The Kier molecular flexibility index (Phi) is 2.56. The van der Waals surface area contributed by atoms with E-state index in [-0.39, 0.29) is 5.78 Å². The predicted molar refractivity (Wildman–Crippen MR) is 58.1 cm³/mol. The Hall–Kier alpha value is -1.61. The van der Waals surface area contributed by atoms with Crippen LogP contribution >= 0.6 is 11.6 Å². The molecule has 0 unspecified atom stereocenters. The van der Waals surface area contributed by atoms with Crippen molar-refractivity contribution in [2.45, 2.75) is 0 Å². The van der Waals surface area contributed by atoms with Crippen LogP contribution in [0.15, 0.2) is 36.7 Å². The van der Waals surface area contributed by atoms with Gasteiger partial charge in [-0.05, 0) is 24.3 Å². The number of ketones is 1. The molecule has 0 spiro atoms. The van der Waals surface area contributed by atoms with Gasteiger partial charge < -0.3 is 0 Å². The van der Waals surface area contributed by atoms with Gasteiger partial charge in [0.2, 0.25) is 0 Å². The van der Waals surface area contributed by atoms with E-state index in [0.29, 0.717) is 16.1 Å². The van der Waals surface area contributed by atoms with E-state index in [9.17, 15) is 4.79 Å². The van der Waals surface area contributed by atoms with Crippen LogP contribution in [0.25, 0.3) is 0 Å². The van der Waals surface area contributed by atoms with Crippen LogP contribution in [0.4, 0.5) is 0 Å². The molecule has 2 aromatic rings. The molecule has 0 fully saturated rings. The normalized spacial score (nSPS) is 10.3. The number of aryl methyl sites for hydroxylation is 1. The first-order valence-electron chi connectivity index (χ1n) is 4.46. The van der Waals surface area contributed by atoms with Crippen molar-refractivity contribution in [2.75, 3.05) is 0 Å². The van der Waals surface area contributed by atoms with Crippen LogP contribution in [0.1, 0.15) is 15.9 Å². The van der Waals surface area contributed by atoms with Crippen molar-refractivity contribution < 1.29 is 4.79 Å². The summed E-state index contributed by atoms with van der Waals surface area (Å²) in [5.74, 6) is -0.0419. The number of carbonyl (C=O) groups is 1. The molecule has 15 heavy (non-hydrogen) atoms. The van der Waals surface area contributed by atoms with E-state index < -0.39 is 0 Å². The van der Waals surface area contributed by atoms with Crippen LogP contribution in [0, 0.1) is 0 Å². The molecule has 0 aliphatic carbocycles. The summed E-state index contributed by atoms with van der Waals surface area (Å²) in [4.78, 5) is 11.9. The minimum atomic E-state index is -0.0419. The molecule has 0 aliphatic rings. The third-order valence-corrected chi connectivity index (χ3v) is 2.33. The third kappa shape index (κ3) is 2.07. The van der Waals surface area contributed by atoms with E-state index >= 15 is 0 Å². The minimum absolute atomic E-state index is 0.0419. The number of aromatic nitrogens is 2. The van der Waals surface area contributed by atoms with Gasteiger partial charge in [-0.1, -0.05) is 11.6 Å². The van der Waals surface area contributed by atoms with Crippen molar-refractivity contribution in [3.05, 3.63) is 52.8 Å². The van der Waals surface area contributed by atoms with Gasteiger partial charge in [0.15, 0.2) is 5.78 Å². The van der Waals surface area contributed by atoms with Crippen molar-refractivity contribution in [1.82, 2.24) is 9.78 Å². The van der Waals surface area contributed by atoms with E-state index in [1.165, 1.54) is 0 Å². The average molecular weight is 221 g/mol. The number of benzene rings is 1. The summed E-state index contributed by atoms with van der Waals surface area (Å²) in [6.45, 7) is 0. The first-order valence-corrected chi connectivity index (χ1v) is 4.83. The molecule has 0 saturated carbocycles. The molecule has 76 valence electrons. The molecule has 2 rings (SSSR count). The number of rotatable bonds is 2. The van der Waals surface area contributed by atoms with Gasteiger partial charge in [0, 0.05) is 23.8 Å². The number of halogens is 1. The summed E-state index contributed by atoms with van der Waals surface area (Å²) in [7, 11) is 1.78. The first-order chi connectivity index (χ1) is 7.16. The van der Waals surface area contributed by atoms with Crippen LogP contribution in [-0.2, 0) is 7.05 Å². The Morgan fingerprint density at radius 1 is 1.27 bits per heavy atom. The highest BCUT2D eigenvalue weighted by atomic mass is 35.5. The topological polar surface area (TPSA) is 34.9 Å². The zero-order valence-electron chi connectivity index (χ0n) is 8.14. The Bertz CT molecular complexity index is 488. The molecule has 0 N–H and O–H groups in total. The summed E-state index contributed by atoms with van der Waals surface area (Å²) in [5.41, 5.74) is 1.20. The molecule has 0 aliphatic heterocycles. The SMILES string of the molecule is Cn1cc(C(=O)c2ccc(Cl)cc2)cn1. The van der Waals surface area contributed by atoms with Gasteiger partial charge >= 0.3 is 0 Å². The maximum Gasteiger partial charge on any atom is 0.196 e. The molecule has 0 atom stereocenters. The molecule has 0 radical (unpaired) electrons. The molecule has 4 heteroatoms. The average Bonchev–Trinajstić information content (AvgIpc) is 2.65. The van der Waals surface area contributed by atoms with E-state index in [0.717, 1.165) is 0 Å². The van der Waals surface area contributed by atoms with Crippen molar-refractivity contribution in [3.8, 4) is 0 Å². The third-order valence-electron chi connectivity index (χ3n) is 2.07. The molecule has 1 aromatic carbocycles. The number of hydrogen-bond donors (Lipinski definition) is 0. The molecular formula is C11H9ClN2O. The maximum absolute atomic E-state index is 11.9. The van der Waals surface area contributed by atoms with Gasteiger partial charge in [-0.3, -0.25) is 9.48 Å². The summed E-state index contributed by atoms with van der Waals surface area (Å²) in [6.07, 6.45) is 3.24.